The number of rotatable bonds is 5. The van der Waals surface area contributed by atoms with Crippen molar-refractivity contribution in [3.8, 4) is 0 Å². The molecule has 122 valence electrons. The maximum Gasteiger partial charge on any atom is 0.209 e. The second-order valence-electron chi connectivity index (χ2n) is 5.44. The molecule has 4 nitrogen and oxygen atoms in total. The van der Waals surface area contributed by atoms with Gasteiger partial charge in [0, 0.05) is 26.7 Å². The number of morpholine rings is 1. The summed E-state index contributed by atoms with van der Waals surface area (Å²) in [6.07, 6.45) is 2.00. The van der Waals surface area contributed by atoms with Crippen molar-refractivity contribution in [1.29, 1.82) is 0 Å². The molecule has 0 aliphatic carbocycles. The van der Waals surface area contributed by atoms with Crippen LogP contribution in [0.4, 0.5) is 0 Å². The molecule has 0 saturated carbocycles. The number of carbonyl (C=O) groups excluding carboxylic acids is 1. The molecule has 1 saturated heterocycles. The number of thiol groups is 1. The third-order valence-corrected chi connectivity index (χ3v) is 2.73. The first-order valence-electron chi connectivity index (χ1n) is 7.54. The largest absolute Gasteiger partial charge is 0.379 e. The van der Waals surface area contributed by atoms with Crippen molar-refractivity contribution in [2.24, 2.45) is 5.92 Å². The van der Waals surface area contributed by atoms with Crippen LogP contribution >= 0.6 is 12.6 Å². The van der Waals surface area contributed by atoms with Gasteiger partial charge in [-0.1, -0.05) is 20.8 Å². The molecule has 0 aromatic carbocycles. The molecule has 0 spiro atoms. The molecule has 20 heavy (non-hydrogen) atoms. The summed E-state index contributed by atoms with van der Waals surface area (Å²) in [4.78, 5) is 13.7. The van der Waals surface area contributed by atoms with Gasteiger partial charge in [-0.25, -0.2) is 0 Å². The Balaban J connectivity index is 0. The Morgan fingerprint density at radius 3 is 2.10 bits per heavy atom. The van der Waals surface area contributed by atoms with Gasteiger partial charge in [0.1, 0.15) is 0 Å². The minimum Gasteiger partial charge on any atom is -0.379 e. The van der Waals surface area contributed by atoms with Gasteiger partial charge in [0.2, 0.25) is 6.41 Å². The predicted octanol–water partition coefficient (Wildman–Crippen LogP) is 2.40. The third kappa shape index (κ3) is 20.1. The molecule has 5 heteroatoms. The zero-order valence-electron chi connectivity index (χ0n) is 14.0. The summed E-state index contributed by atoms with van der Waals surface area (Å²) in [5.41, 5.74) is 0. The van der Waals surface area contributed by atoms with E-state index in [0.717, 1.165) is 50.9 Å². The smallest absolute Gasteiger partial charge is 0.209 e. The molecule has 0 bridgehead atoms. The summed E-state index contributed by atoms with van der Waals surface area (Å²) >= 11 is 4.16. The van der Waals surface area contributed by atoms with Crippen molar-refractivity contribution < 1.29 is 9.53 Å². The zero-order chi connectivity index (χ0) is 15.8. The van der Waals surface area contributed by atoms with Crippen LogP contribution in [-0.4, -0.2) is 68.4 Å². The number of amides is 1. The average molecular weight is 307 g/mol. The maximum atomic E-state index is 9.66. The van der Waals surface area contributed by atoms with E-state index in [4.69, 9.17) is 4.74 Å². The van der Waals surface area contributed by atoms with Crippen molar-refractivity contribution >= 4 is 19.0 Å². The van der Waals surface area contributed by atoms with E-state index in [-0.39, 0.29) is 0 Å². The van der Waals surface area contributed by atoms with Crippen LogP contribution in [0.3, 0.4) is 0 Å². The first-order valence-corrected chi connectivity index (χ1v) is 8.17. The highest BCUT2D eigenvalue weighted by molar-refractivity contribution is 7.80. The Kier molecular flexibility index (Phi) is 18.5. The lowest BCUT2D eigenvalue weighted by Gasteiger charge is -2.26. The molecule has 0 aromatic heterocycles. The molecule has 0 aromatic rings. The highest BCUT2D eigenvalue weighted by Gasteiger charge is 2.08. The molecule has 1 aliphatic heterocycles. The van der Waals surface area contributed by atoms with E-state index in [2.05, 4.69) is 38.3 Å². The van der Waals surface area contributed by atoms with Crippen LogP contribution in [0.2, 0.25) is 0 Å². The Morgan fingerprint density at radius 2 is 1.80 bits per heavy atom. The van der Waals surface area contributed by atoms with E-state index in [1.807, 2.05) is 6.92 Å². The lowest BCUT2D eigenvalue weighted by Crippen LogP contribution is -2.36. The fourth-order valence-corrected chi connectivity index (χ4v) is 1.34. The van der Waals surface area contributed by atoms with Gasteiger partial charge in [-0.05, 0) is 31.6 Å². The number of hydrogen-bond acceptors (Lipinski definition) is 4. The highest BCUT2D eigenvalue weighted by atomic mass is 32.1. The van der Waals surface area contributed by atoms with Crippen molar-refractivity contribution in [2.45, 2.75) is 34.1 Å². The van der Waals surface area contributed by atoms with Crippen LogP contribution in [0, 0.1) is 5.92 Å². The summed E-state index contributed by atoms with van der Waals surface area (Å²) in [5.74, 6) is 1.83. The lowest BCUT2D eigenvalue weighted by molar-refractivity contribution is -0.116. The molecule has 1 fully saturated rings. The van der Waals surface area contributed by atoms with Gasteiger partial charge in [0.15, 0.2) is 0 Å². The average Bonchev–Trinajstić information content (AvgIpc) is 2.45. The van der Waals surface area contributed by atoms with Crippen LogP contribution in [0.5, 0.6) is 0 Å². The van der Waals surface area contributed by atoms with E-state index in [0.29, 0.717) is 0 Å². The number of ether oxygens (including phenoxy) is 1. The second-order valence-corrected chi connectivity index (χ2v) is 5.89. The van der Waals surface area contributed by atoms with Crippen molar-refractivity contribution in [1.82, 2.24) is 9.80 Å². The molecule has 0 unspecified atom stereocenters. The first-order chi connectivity index (χ1) is 9.47. The fourth-order valence-electron chi connectivity index (χ4n) is 1.19. The van der Waals surface area contributed by atoms with E-state index in [9.17, 15) is 4.79 Å². The molecule has 0 radical (unpaired) electrons. The summed E-state index contributed by atoms with van der Waals surface area (Å²) < 4.78 is 5.22. The molecule has 1 heterocycles. The topological polar surface area (TPSA) is 32.8 Å². The Morgan fingerprint density at radius 1 is 1.30 bits per heavy atom. The van der Waals surface area contributed by atoms with Crippen molar-refractivity contribution in [3.63, 3.8) is 0 Å². The number of nitrogens with zero attached hydrogens (tertiary/aromatic N) is 2. The van der Waals surface area contributed by atoms with Crippen LogP contribution in [0.15, 0.2) is 0 Å². The quantitative estimate of drug-likeness (QED) is 0.625. The molecule has 0 N–H and O–H groups in total. The monoisotopic (exact) mass is 306 g/mol. The van der Waals surface area contributed by atoms with Gasteiger partial charge in [0.05, 0.1) is 13.2 Å². The summed E-state index contributed by atoms with van der Waals surface area (Å²) in [6.45, 7) is 14.4. The highest BCUT2D eigenvalue weighted by Crippen LogP contribution is 1.97. The maximum absolute atomic E-state index is 9.66. The van der Waals surface area contributed by atoms with Crippen LogP contribution in [-0.2, 0) is 9.53 Å². The Bertz CT molecular complexity index is 196. The third-order valence-electron chi connectivity index (χ3n) is 2.41. The van der Waals surface area contributed by atoms with Gasteiger partial charge >= 0.3 is 0 Å². The minimum absolute atomic E-state index is 0.795. The summed E-state index contributed by atoms with van der Waals surface area (Å²) in [7, 11) is 1.74. The molecule has 0 atom stereocenters. The van der Waals surface area contributed by atoms with Crippen molar-refractivity contribution in [3.05, 3.63) is 0 Å². The van der Waals surface area contributed by atoms with Crippen LogP contribution < -0.4 is 0 Å². The number of carbonyl (C=O) groups is 1. The molecule has 1 amide bonds. The second kappa shape index (κ2) is 16.8. The van der Waals surface area contributed by atoms with Gasteiger partial charge in [-0.3, -0.25) is 9.69 Å². The van der Waals surface area contributed by atoms with Gasteiger partial charge in [-0.15, -0.1) is 0 Å². The molecular weight excluding hydrogens is 272 g/mol. The van der Waals surface area contributed by atoms with Gasteiger partial charge < -0.3 is 9.64 Å². The van der Waals surface area contributed by atoms with E-state index < -0.39 is 0 Å². The Labute approximate surface area is 131 Å². The van der Waals surface area contributed by atoms with Crippen LogP contribution in [0.25, 0.3) is 0 Å². The van der Waals surface area contributed by atoms with E-state index >= 15 is 0 Å². The predicted molar refractivity (Wildman–Crippen MR) is 90.6 cm³/mol. The van der Waals surface area contributed by atoms with E-state index in [1.165, 1.54) is 13.0 Å². The fraction of sp³-hybridized carbons (Fsp3) is 0.933. The molecule has 1 rings (SSSR count). The lowest BCUT2D eigenvalue weighted by atomic mass is 10.3. The minimum atomic E-state index is 0.795. The number of hydrogen-bond donors (Lipinski definition) is 1. The zero-order valence-corrected chi connectivity index (χ0v) is 14.9. The Hall–Kier alpha value is -0.260. The van der Waals surface area contributed by atoms with Gasteiger partial charge in [0.25, 0.3) is 0 Å². The first kappa shape index (κ1) is 22.0. The van der Waals surface area contributed by atoms with E-state index in [1.54, 1.807) is 11.9 Å². The standard InChI is InChI=1S/C7H15NOS.C4H9NO.C4H10/c10-7-1-2-8-3-5-9-6-4-8;1-3-5(2)4-6;1-4(2)3/h10H,1-7H2;4H,3H2,1-2H3;4H,1-3H3. The van der Waals surface area contributed by atoms with Crippen LogP contribution in [0.1, 0.15) is 34.1 Å². The summed E-state index contributed by atoms with van der Waals surface area (Å²) in [5, 5.41) is 0. The normalized spacial score (nSPS) is 14.8. The van der Waals surface area contributed by atoms with Crippen molar-refractivity contribution in [2.75, 3.05) is 52.2 Å². The molecular formula is C15H34N2O2S. The summed E-state index contributed by atoms with van der Waals surface area (Å²) in [6, 6.07) is 0. The SMILES string of the molecule is CC(C)C.CCN(C)C=O.SCCCN1CCOCC1. The van der Waals surface area contributed by atoms with Gasteiger partial charge in [-0.2, -0.15) is 12.6 Å². The molecule has 1 aliphatic rings.